The molecule has 0 radical (unpaired) electrons. The summed E-state index contributed by atoms with van der Waals surface area (Å²) in [5.41, 5.74) is -0.672. The summed E-state index contributed by atoms with van der Waals surface area (Å²) in [7, 11) is -2.87. The average Bonchev–Trinajstić information content (AvgIpc) is 2.11. The minimum absolute atomic E-state index is 0.206. The van der Waals surface area contributed by atoms with E-state index in [1.807, 2.05) is 6.92 Å². The van der Waals surface area contributed by atoms with Crippen LogP contribution in [0.1, 0.15) is 52.4 Å². The second kappa shape index (κ2) is 5.50. The van der Waals surface area contributed by atoms with Gasteiger partial charge >= 0.3 is 0 Å². The molecule has 96 valence electrons. The Kier molecular flexibility index (Phi) is 4.80. The van der Waals surface area contributed by atoms with Gasteiger partial charge in [0.1, 0.15) is 9.84 Å². The standard InChI is InChI=1S/C12H24O3S/c1-3-16(14,15)9-5-8-12(2,13)10-11-6-4-7-11/h11,13H,3-10H2,1-2H3. The molecule has 0 bridgehead atoms. The van der Waals surface area contributed by atoms with Crippen molar-refractivity contribution in [1.82, 2.24) is 0 Å². The number of hydrogen-bond acceptors (Lipinski definition) is 3. The van der Waals surface area contributed by atoms with Gasteiger partial charge in [-0.05, 0) is 32.1 Å². The van der Waals surface area contributed by atoms with E-state index in [1.165, 1.54) is 19.3 Å². The molecule has 0 aromatic carbocycles. The number of rotatable bonds is 7. The molecule has 1 saturated carbocycles. The maximum atomic E-state index is 11.3. The first-order chi connectivity index (χ1) is 7.35. The van der Waals surface area contributed by atoms with E-state index in [4.69, 9.17) is 0 Å². The van der Waals surface area contributed by atoms with Crippen LogP contribution in [0.3, 0.4) is 0 Å². The third kappa shape index (κ3) is 4.83. The largest absolute Gasteiger partial charge is 0.390 e. The van der Waals surface area contributed by atoms with Crippen LogP contribution >= 0.6 is 0 Å². The molecule has 0 amide bonds. The SMILES string of the molecule is CCS(=O)(=O)CCCC(C)(O)CC1CCC1. The monoisotopic (exact) mass is 248 g/mol. The van der Waals surface area contributed by atoms with Crippen molar-refractivity contribution >= 4 is 9.84 Å². The number of aliphatic hydroxyl groups is 1. The van der Waals surface area contributed by atoms with Crippen molar-refractivity contribution in [2.45, 2.75) is 58.0 Å². The zero-order chi connectivity index (χ0) is 12.2. The van der Waals surface area contributed by atoms with Gasteiger partial charge in [-0.15, -0.1) is 0 Å². The summed E-state index contributed by atoms with van der Waals surface area (Å²) in [5.74, 6) is 1.08. The fourth-order valence-corrected chi connectivity index (χ4v) is 3.11. The van der Waals surface area contributed by atoms with E-state index >= 15 is 0 Å². The van der Waals surface area contributed by atoms with Gasteiger partial charge in [-0.25, -0.2) is 8.42 Å². The van der Waals surface area contributed by atoms with Gasteiger partial charge in [0.2, 0.25) is 0 Å². The van der Waals surface area contributed by atoms with Crippen LogP contribution in [0.15, 0.2) is 0 Å². The van der Waals surface area contributed by atoms with Crippen LogP contribution < -0.4 is 0 Å². The summed E-state index contributed by atoms with van der Waals surface area (Å²) in [4.78, 5) is 0. The van der Waals surface area contributed by atoms with Gasteiger partial charge in [0, 0.05) is 5.75 Å². The normalized spacial score (nSPS) is 21.4. The summed E-state index contributed by atoms with van der Waals surface area (Å²) in [5, 5.41) is 10.1. The molecular formula is C12H24O3S. The summed E-state index contributed by atoms with van der Waals surface area (Å²) in [6.45, 7) is 3.51. The smallest absolute Gasteiger partial charge is 0.150 e. The molecular weight excluding hydrogens is 224 g/mol. The topological polar surface area (TPSA) is 54.4 Å². The van der Waals surface area contributed by atoms with Crippen LogP contribution in [0.5, 0.6) is 0 Å². The van der Waals surface area contributed by atoms with Crippen molar-refractivity contribution in [3.05, 3.63) is 0 Å². The Bertz CT molecular complexity index is 302. The lowest BCUT2D eigenvalue weighted by atomic mass is 9.77. The Morgan fingerprint density at radius 2 is 2.00 bits per heavy atom. The summed E-state index contributed by atoms with van der Waals surface area (Å²) in [6.07, 6.45) is 5.75. The quantitative estimate of drug-likeness (QED) is 0.751. The Labute approximate surface area is 99.2 Å². The fraction of sp³-hybridized carbons (Fsp3) is 1.00. The predicted octanol–water partition coefficient (Wildman–Crippen LogP) is 2.14. The molecule has 3 nitrogen and oxygen atoms in total. The summed E-state index contributed by atoms with van der Waals surface area (Å²) >= 11 is 0. The second-order valence-corrected chi connectivity index (χ2v) is 7.81. The maximum Gasteiger partial charge on any atom is 0.150 e. The molecule has 0 aromatic rings. The van der Waals surface area contributed by atoms with Crippen LogP contribution in [0, 0.1) is 5.92 Å². The van der Waals surface area contributed by atoms with Crippen molar-refractivity contribution in [3.63, 3.8) is 0 Å². The minimum Gasteiger partial charge on any atom is -0.390 e. The van der Waals surface area contributed by atoms with Crippen molar-refractivity contribution in [2.24, 2.45) is 5.92 Å². The van der Waals surface area contributed by atoms with Crippen molar-refractivity contribution in [3.8, 4) is 0 Å². The maximum absolute atomic E-state index is 11.3. The van der Waals surface area contributed by atoms with Gasteiger partial charge in [0.25, 0.3) is 0 Å². The highest BCUT2D eigenvalue weighted by atomic mass is 32.2. The molecule has 1 atom stereocenters. The fourth-order valence-electron chi connectivity index (χ4n) is 2.24. The highest BCUT2D eigenvalue weighted by molar-refractivity contribution is 7.91. The van der Waals surface area contributed by atoms with Crippen molar-refractivity contribution < 1.29 is 13.5 Å². The Balaban J connectivity index is 2.24. The molecule has 1 aliphatic rings. The highest BCUT2D eigenvalue weighted by Crippen LogP contribution is 2.35. The van der Waals surface area contributed by atoms with Crippen molar-refractivity contribution in [1.29, 1.82) is 0 Å². The van der Waals surface area contributed by atoms with Gasteiger partial charge in [-0.3, -0.25) is 0 Å². The molecule has 0 aromatic heterocycles. The molecule has 1 rings (SSSR count). The van der Waals surface area contributed by atoms with Gasteiger partial charge in [0.15, 0.2) is 0 Å². The Hall–Kier alpha value is -0.0900. The van der Waals surface area contributed by atoms with Gasteiger partial charge in [-0.1, -0.05) is 26.2 Å². The Morgan fingerprint density at radius 1 is 1.38 bits per heavy atom. The molecule has 1 N–H and O–H groups in total. The lowest BCUT2D eigenvalue weighted by Gasteiger charge is -2.33. The molecule has 1 aliphatic carbocycles. The number of hydrogen-bond donors (Lipinski definition) is 1. The van der Waals surface area contributed by atoms with Crippen LogP contribution in [0.2, 0.25) is 0 Å². The molecule has 1 fully saturated rings. The first kappa shape index (κ1) is 14.0. The molecule has 16 heavy (non-hydrogen) atoms. The lowest BCUT2D eigenvalue weighted by molar-refractivity contribution is 0.0121. The van der Waals surface area contributed by atoms with Crippen LogP contribution in [-0.4, -0.2) is 30.6 Å². The number of sulfone groups is 1. The zero-order valence-corrected chi connectivity index (χ0v) is 11.2. The van der Waals surface area contributed by atoms with Crippen LogP contribution in [-0.2, 0) is 9.84 Å². The van der Waals surface area contributed by atoms with E-state index < -0.39 is 15.4 Å². The predicted molar refractivity (Wildman–Crippen MR) is 66.1 cm³/mol. The van der Waals surface area contributed by atoms with Crippen molar-refractivity contribution in [2.75, 3.05) is 11.5 Å². The second-order valence-electron chi connectivity index (χ2n) is 5.34. The summed E-state index contributed by atoms with van der Waals surface area (Å²) in [6, 6.07) is 0. The van der Waals surface area contributed by atoms with Gasteiger partial charge in [0.05, 0.1) is 11.4 Å². The van der Waals surface area contributed by atoms with E-state index in [1.54, 1.807) is 6.92 Å². The third-order valence-corrected chi connectivity index (χ3v) is 5.35. The van der Waals surface area contributed by atoms with E-state index in [2.05, 4.69) is 0 Å². The Morgan fingerprint density at radius 3 is 2.44 bits per heavy atom. The average molecular weight is 248 g/mol. The highest BCUT2D eigenvalue weighted by Gasteiger charge is 2.28. The lowest BCUT2D eigenvalue weighted by Crippen LogP contribution is -2.30. The van der Waals surface area contributed by atoms with Crippen LogP contribution in [0.4, 0.5) is 0 Å². The van der Waals surface area contributed by atoms with E-state index in [-0.39, 0.29) is 11.5 Å². The summed E-state index contributed by atoms with van der Waals surface area (Å²) < 4.78 is 22.6. The van der Waals surface area contributed by atoms with E-state index in [0.717, 1.165) is 6.42 Å². The third-order valence-electron chi connectivity index (χ3n) is 3.56. The first-order valence-electron chi connectivity index (χ1n) is 6.27. The molecule has 0 saturated heterocycles. The van der Waals surface area contributed by atoms with Crippen LogP contribution in [0.25, 0.3) is 0 Å². The minimum atomic E-state index is -2.87. The van der Waals surface area contributed by atoms with E-state index in [9.17, 15) is 13.5 Å². The molecule has 1 unspecified atom stereocenters. The molecule has 4 heteroatoms. The van der Waals surface area contributed by atoms with Gasteiger partial charge in [-0.2, -0.15) is 0 Å². The molecule has 0 spiro atoms. The first-order valence-corrected chi connectivity index (χ1v) is 8.09. The zero-order valence-electron chi connectivity index (χ0n) is 10.4. The van der Waals surface area contributed by atoms with Gasteiger partial charge < -0.3 is 5.11 Å². The molecule has 0 heterocycles. The van der Waals surface area contributed by atoms with E-state index in [0.29, 0.717) is 18.8 Å². The molecule has 0 aliphatic heterocycles.